The Bertz CT molecular complexity index is 725. The highest BCUT2D eigenvalue weighted by Crippen LogP contribution is 2.35. The van der Waals surface area contributed by atoms with E-state index >= 15 is 4.39 Å². The molecule has 0 bridgehead atoms. The second kappa shape index (κ2) is 8.83. The highest BCUT2D eigenvalue weighted by molar-refractivity contribution is 6.32. The molecule has 25 heavy (non-hydrogen) atoms. The molecule has 0 unspecified atom stereocenters. The Morgan fingerprint density at radius 2 is 1.96 bits per heavy atom. The van der Waals surface area contributed by atoms with Crippen molar-refractivity contribution in [3.8, 4) is 11.5 Å². The van der Waals surface area contributed by atoms with Crippen LogP contribution in [0.4, 0.5) is 4.39 Å². The molecule has 0 fully saturated rings. The van der Waals surface area contributed by atoms with E-state index in [2.05, 4.69) is 0 Å². The Balaban J connectivity index is 2.28. The monoisotopic (exact) mass is 365 g/mol. The summed E-state index contributed by atoms with van der Waals surface area (Å²) in [5.74, 6) is -0.326. The molecule has 0 aliphatic rings. The van der Waals surface area contributed by atoms with Crippen LogP contribution >= 0.6 is 11.6 Å². The third-order valence-electron chi connectivity index (χ3n) is 3.97. The highest BCUT2D eigenvalue weighted by atomic mass is 35.5. The molecule has 134 valence electrons. The summed E-state index contributed by atoms with van der Waals surface area (Å²) in [6, 6.07) is 12.0. The van der Waals surface area contributed by atoms with Gasteiger partial charge >= 0.3 is 0 Å². The Hall–Kier alpha value is -2.11. The molecule has 0 aliphatic heterocycles. The van der Waals surface area contributed by atoms with E-state index in [1.165, 1.54) is 0 Å². The van der Waals surface area contributed by atoms with Gasteiger partial charge in [0.25, 0.3) is 0 Å². The molecule has 1 amide bonds. The van der Waals surface area contributed by atoms with Gasteiger partial charge in [-0.05, 0) is 31.2 Å². The lowest BCUT2D eigenvalue weighted by Crippen LogP contribution is -2.90. The predicted molar refractivity (Wildman–Crippen MR) is 96.2 cm³/mol. The Morgan fingerprint density at radius 3 is 2.56 bits per heavy atom. The van der Waals surface area contributed by atoms with Crippen LogP contribution in [0.15, 0.2) is 42.5 Å². The molecular weight excluding hydrogens is 343 g/mol. The first-order chi connectivity index (χ1) is 11.9. The number of rotatable bonds is 8. The zero-order valence-corrected chi connectivity index (χ0v) is 15.1. The SMILES string of the molecule is CC[C@@H]([NH2+][C@@H](C)CC(N)=O)c1ccc(Cl)c(Oc2ccccc2)c1F. The van der Waals surface area contributed by atoms with Crippen LogP contribution in [0.3, 0.4) is 0 Å². The first-order valence-electron chi connectivity index (χ1n) is 8.26. The highest BCUT2D eigenvalue weighted by Gasteiger charge is 2.25. The van der Waals surface area contributed by atoms with Gasteiger partial charge in [-0.3, -0.25) is 4.79 Å². The molecule has 0 heterocycles. The zero-order chi connectivity index (χ0) is 18.4. The molecule has 0 saturated heterocycles. The fourth-order valence-electron chi connectivity index (χ4n) is 2.78. The first kappa shape index (κ1) is 19.2. The van der Waals surface area contributed by atoms with E-state index < -0.39 is 5.82 Å². The number of halogens is 2. The van der Waals surface area contributed by atoms with Crippen molar-refractivity contribution in [3.05, 3.63) is 58.9 Å². The number of primary amides is 1. The van der Waals surface area contributed by atoms with Gasteiger partial charge in [0.2, 0.25) is 5.91 Å². The Labute approximate surface area is 152 Å². The molecule has 2 rings (SSSR count). The number of nitrogens with two attached hydrogens (primary N) is 2. The van der Waals surface area contributed by atoms with Crippen LogP contribution < -0.4 is 15.8 Å². The largest absolute Gasteiger partial charge is 0.453 e. The second-order valence-electron chi connectivity index (χ2n) is 6.05. The molecule has 2 aromatic carbocycles. The number of ether oxygens (including phenoxy) is 1. The molecule has 0 saturated carbocycles. The summed E-state index contributed by atoms with van der Waals surface area (Å²) >= 11 is 6.14. The summed E-state index contributed by atoms with van der Waals surface area (Å²) in [6.45, 7) is 3.85. The van der Waals surface area contributed by atoms with Crippen molar-refractivity contribution in [2.24, 2.45) is 5.73 Å². The molecule has 4 nitrogen and oxygen atoms in total. The van der Waals surface area contributed by atoms with E-state index in [0.29, 0.717) is 17.7 Å². The van der Waals surface area contributed by atoms with Gasteiger partial charge in [0.15, 0.2) is 11.6 Å². The minimum atomic E-state index is -0.481. The number of hydrogen-bond donors (Lipinski definition) is 2. The normalized spacial score (nSPS) is 13.3. The van der Waals surface area contributed by atoms with Crippen molar-refractivity contribution in [1.29, 1.82) is 0 Å². The number of carbonyl (C=O) groups is 1. The zero-order valence-electron chi connectivity index (χ0n) is 14.3. The molecule has 0 spiro atoms. The smallest absolute Gasteiger partial charge is 0.223 e. The molecule has 0 aromatic heterocycles. The average molecular weight is 366 g/mol. The molecular formula is C19H23ClFN2O2+. The summed E-state index contributed by atoms with van der Waals surface area (Å²) in [7, 11) is 0. The predicted octanol–water partition coefficient (Wildman–Crippen LogP) is 3.55. The second-order valence-corrected chi connectivity index (χ2v) is 6.46. The van der Waals surface area contributed by atoms with Crippen molar-refractivity contribution in [1.82, 2.24) is 0 Å². The van der Waals surface area contributed by atoms with E-state index in [4.69, 9.17) is 22.1 Å². The van der Waals surface area contributed by atoms with Gasteiger partial charge in [0.1, 0.15) is 11.8 Å². The number of benzene rings is 2. The van der Waals surface area contributed by atoms with Crippen LogP contribution in [0.1, 0.15) is 38.3 Å². The van der Waals surface area contributed by atoms with Gasteiger partial charge in [0, 0.05) is 12.0 Å². The molecule has 4 N–H and O–H groups in total. The fourth-order valence-corrected chi connectivity index (χ4v) is 2.96. The maximum Gasteiger partial charge on any atom is 0.223 e. The quantitative estimate of drug-likeness (QED) is 0.751. The van der Waals surface area contributed by atoms with Crippen molar-refractivity contribution in [2.75, 3.05) is 0 Å². The lowest BCUT2D eigenvalue weighted by Gasteiger charge is -2.20. The number of amides is 1. The van der Waals surface area contributed by atoms with Crippen molar-refractivity contribution in [2.45, 2.75) is 38.8 Å². The van der Waals surface area contributed by atoms with Crippen molar-refractivity contribution < 1.29 is 19.2 Å². The van der Waals surface area contributed by atoms with E-state index in [1.54, 1.807) is 36.4 Å². The Morgan fingerprint density at radius 1 is 1.28 bits per heavy atom. The van der Waals surface area contributed by atoms with Crippen LogP contribution in [0.5, 0.6) is 11.5 Å². The molecule has 0 aliphatic carbocycles. The minimum Gasteiger partial charge on any atom is -0.453 e. The average Bonchev–Trinajstić information content (AvgIpc) is 2.57. The molecule has 2 atom stereocenters. The topological polar surface area (TPSA) is 68.9 Å². The van der Waals surface area contributed by atoms with E-state index in [0.717, 1.165) is 0 Å². The summed E-state index contributed by atoms with van der Waals surface area (Å²) < 4.78 is 20.7. The van der Waals surface area contributed by atoms with Crippen molar-refractivity contribution in [3.63, 3.8) is 0 Å². The Kier molecular flexibility index (Phi) is 6.79. The number of quaternary nitrogens is 1. The lowest BCUT2D eigenvalue weighted by atomic mass is 10.0. The van der Waals surface area contributed by atoms with Gasteiger partial charge < -0.3 is 15.8 Å². The molecule has 0 radical (unpaired) electrons. The summed E-state index contributed by atoms with van der Waals surface area (Å²) in [5, 5.41) is 2.16. The van der Waals surface area contributed by atoms with Gasteiger partial charge in [-0.15, -0.1) is 0 Å². The van der Waals surface area contributed by atoms with Gasteiger partial charge in [-0.2, -0.15) is 0 Å². The number of para-hydroxylation sites is 1. The van der Waals surface area contributed by atoms with Gasteiger partial charge in [-0.25, -0.2) is 4.39 Å². The van der Waals surface area contributed by atoms with Crippen LogP contribution in [-0.2, 0) is 4.79 Å². The third kappa shape index (κ3) is 5.18. The van der Waals surface area contributed by atoms with Crippen molar-refractivity contribution >= 4 is 17.5 Å². The fraction of sp³-hybridized carbons (Fsp3) is 0.316. The number of hydrogen-bond acceptors (Lipinski definition) is 2. The van der Waals surface area contributed by atoms with Gasteiger partial charge in [-0.1, -0.05) is 36.7 Å². The maximum absolute atomic E-state index is 15.0. The lowest BCUT2D eigenvalue weighted by molar-refractivity contribution is -0.724. The van der Waals surface area contributed by atoms with E-state index in [-0.39, 0.29) is 35.2 Å². The van der Waals surface area contributed by atoms with E-state index in [1.807, 2.05) is 25.2 Å². The van der Waals surface area contributed by atoms with Crippen LogP contribution in [-0.4, -0.2) is 11.9 Å². The number of carbonyl (C=O) groups excluding carboxylic acids is 1. The third-order valence-corrected chi connectivity index (χ3v) is 4.26. The summed E-state index contributed by atoms with van der Waals surface area (Å²) in [4.78, 5) is 11.1. The van der Waals surface area contributed by atoms with Crippen LogP contribution in [0.25, 0.3) is 0 Å². The summed E-state index contributed by atoms with van der Waals surface area (Å²) in [5.41, 5.74) is 5.73. The summed E-state index contributed by atoms with van der Waals surface area (Å²) in [6.07, 6.45) is 0.922. The van der Waals surface area contributed by atoms with Gasteiger partial charge in [0.05, 0.1) is 17.5 Å². The maximum atomic E-state index is 15.0. The van der Waals surface area contributed by atoms with E-state index in [9.17, 15) is 4.79 Å². The van der Waals surface area contributed by atoms with Crippen LogP contribution in [0.2, 0.25) is 5.02 Å². The van der Waals surface area contributed by atoms with Crippen LogP contribution in [0, 0.1) is 5.82 Å². The first-order valence-corrected chi connectivity index (χ1v) is 8.64. The standard InChI is InChI=1S/C19H22ClFN2O2/c1-3-16(23-12(2)11-17(22)24)14-9-10-15(20)19(18(14)21)25-13-7-5-4-6-8-13/h4-10,12,16,23H,3,11H2,1-2H3,(H2,22,24)/p+1/t12-,16+/m0/s1. The molecule has 2 aromatic rings. The minimum absolute atomic E-state index is 0.0137. The molecule has 6 heteroatoms.